The van der Waals surface area contributed by atoms with Gasteiger partial charge in [0, 0.05) is 48.6 Å². The Morgan fingerprint density at radius 1 is 1.56 bits per heavy atom. The molecule has 2 heterocycles. The molecule has 0 aliphatic carbocycles. The molecule has 2 rings (SSSR count). The molecule has 1 aromatic rings. The third kappa shape index (κ3) is 3.77. The van der Waals surface area contributed by atoms with Gasteiger partial charge in [-0.1, -0.05) is 6.07 Å². The van der Waals surface area contributed by atoms with E-state index < -0.39 is 0 Å². The minimum absolute atomic E-state index is 0.752. The minimum atomic E-state index is 0.752. The van der Waals surface area contributed by atoms with E-state index in [1.807, 2.05) is 11.3 Å². The van der Waals surface area contributed by atoms with Crippen molar-refractivity contribution in [2.24, 2.45) is 0 Å². The van der Waals surface area contributed by atoms with Crippen LogP contribution in [0.15, 0.2) is 17.5 Å². The number of hydrogen-bond acceptors (Lipinski definition) is 4. The van der Waals surface area contributed by atoms with Gasteiger partial charge in [-0.25, -0.2) is 0 Å². The van der Waals surface area contributed by atoms with E-state index in [2.05, 4.69) is 46.4 Å². The lowest BCUT2D eigenvalue weighted by Gasteiger charge is -2.32. The fraction of sp³-hybridized carbons (Fsp3) is 0.667. The van der Waals surface area contributed by atoms with Crippen molar-refractivity contribution >= 4 is 23.1 Å². The number of hydrogen-bond donors (Lipinski definition) is 1. The van der Waals surface area contributed by atoms with Crippen molar-refractivity contribution < 1.29 is 0 Å². The lowest BCUT2D eigenvalue weighted by molar-refractivity contribution is 0.233. The Labute approximate surface area is 106 Å². The van der Waals surface area contributed by atoms with Crippen LogP contribution in [-0.2, 0) is 6.54 Å². The van der Waals surface area contributed by atoms with Gasteiger partial charge in [-0.15, -0.1) is 11.3 Å². The smallest absolute Gasteiger partial charge is 0.0300 e. The lowest BCUT2D eigenvalue weighted by atomic mass is 10.3. The summed E-state index contributed by atoms with van der Waals surface area (Å²) in [5.41, 5.74) is 0. The van der Waals surface area contributed by atoms with Crippen molar-refractivity contribution in [3.05, 3.63) is 22.4 Å². The molecular formula is C12H20N2S2. The Balaban J connectivity index is 1.60. The topological polar surface area (TPSA) is 15.3 Å². The summed E-state index contributed by atoms with van der Waals surface area (Å²) in [5.74, 6) is 2.60. The van der Waals surface area contributed by atoms with E-state index in [9.17, 15) is 0 Å². The second-order valence-corrected chi connectivity index (χ2v) is 6.40. The Kier molecular flexibility index (Phi) is 5.16. The quantitative estimate of drug-likeness (QED) is 0.814. The molecule has 0 aromatic carbocycles. The highest BCUT2D eigenvalue weighted by atomic mass is 32.2. The monoisotopic (exact) mass is 256 g/mol. The van der Waals surface area contributed by atoms with Gasteiger partial charge in [-0.05, 0) is 18.4 Å². The molecule has 0 bridgehead atoms. The molecule has 2 nitrogen and oxygen atoms in total. The number of thiophene rings is 1. The molecule has 4 heteroatoms. The highest BCUT2D eigenvalue weighted by Gasteiger charge is 2.17. The maximum absolute atomic E-state index is 3.52. The van der Waals surface area contributed by atoms with Crippen LogP contribution in [0.2, 0.25) is 0 Å². The third-order valence-electron chi connectivity index (χ3n) is 2.96. The predicted molar refractivity (Wildman–Crippen MR) is 74.4 cm³/mol. The number of nitrogens with zero attached hydrogens (tertiary/aromatic N) is 1. The molecule has 1 unspecified atom stereocenters. The van der Waals surface area contributed by atoms with Gasteiger partial charge in [0.05, 0.1) is 0 Å². The summed E-state index contributed by atoms with van der Waals surface area (Å²) in [6.45, 7) is 6.91. The van der Waals surface area contributed by atoms with E-state index in [4.69, 9.17) is 0 Å². The molecule has 1 fully saturated rings. The molecule has 1 aliphatic rings. The van der Waals surface area contributed by atoms with Crippen molar-refractivity contribution in [1.82, 2.24) is 10.2 Å². The second-order valence-electron chi connectivity index (χ2n) is 4.22. The van der Waals surface area contributed by atoms with Crippen LogP contribution in [0.4, 0.5) is 0 Å². The molecule has 16 heavy (non-hydrogen) atoms. The Morgan fingerprint density at radius 3 is 3.25 bits per heavy atom. The van der Waals surface area contributed by atoms with Gasteiger partial charge < -0.3 is 5.32 Å². The summed E-state index contributed by atoms with van der Waals surface area (Å²) < 4.78 is 0. The molecule has 90 valence electrons. The maximum atomic E-state index is 3.52. The second kappa shape index (κ2) is 6.64. The molecule has 0 spiro atoms. The normalized spacial score (nSPS) is 22.4. The number of thioether (sulfide) groups is 1. The van der Waals surface area contributed by atoms with Crippen LogP contribution in [0.1, 0.15) is 11.8 Å². The number of rotatable bonds is 5. The lowest BCUT2D eigenvalue weighted by Crippen LogP contribution is -2.43. The van der Waals surface area contributed by atoms with Gasteiger partial charge in [0.1, 0.15) is 0 Å². The van der Waals surface area contributed by atoms with E-state index in [0.29, 0.717) is 0 Å². The van der Waals surface area contributed by atoms with Crippen molar-refractivity contribution in [3.8, 4) is 0 Å². The molecule has 1 saturated heterocycles. The average Bonchev–Trinajstić information content (AvgIpc) is 2.79. The summed E-state index contributed by atoms with van der Waals surface area (Å²) in [7, 11) is 0. The fourth-order valence-corrected chi connectivity index (χ4v) is 3.70. The van der Waals surface area contributed by atoms with Crippen LogP contribution in [0.5, 0.6) is 0 Å². The van der Waals surface area contributed by atoms with Gasteiger partial charge in [0.15, 0.2) is 0 Å². The first kappa shape index (κ1) is 12.4. The number of nitrogens with one attached hydrogen (secondary N) is 1. The molecular weight excluding hydrogens is 236 g/mol. The van der Waals surface area contributed by atoms with Crippen LogP contribution in [0.25, 0.3) is 0 Å². The van der Waals surface area contributed by atoms with Gasteiger partial charge >= 0.3 is 0 Å². The van der Waals surface area contributed by atoms with E-state index >= 15 is 0 Å². The summed E-state index contributed by atoms with van der Waals surface area (Å²) >= 11 is 3.91. The zero-order valence-corrected chi connectivity index (χ0v) is 11.4. The highest BCUT2D eigenvalue weighted by molar-refractivity contribution is 7.99. The standard InChI is InChI=1S/C12H20N2S2/c1-11-10-15-8-6-14(11)5-4-13-9-12-3-2-7-16-12/h2-3,7,11,13H,4-6,8-10H2,1H3. The van der Waals surface area contributed by atoms with E-state index in [1.54, 1.807) is 0 Å². The van der Waals surface area contributed by atoms with Gasteiger partial charge in [-0.2, -0.15) is 11.8 Å². The molecule has 0 radical (unpaired) electrons. The van der Waals surface area contributed by atoms with Crippen LogP contribution in [-0.4, -0.2) is 42.1 Å². The fourth-order valence-electron chi connectivity index (χ4n) is 1.94. The molecule has 1 atom stereocenters. The van der Waals surface area contributed by atoms with E-state index in [1.165, 1.54) is 29.5 Å². The molecule has 0 amide bonds. The Bertz CT molecular complexity index is 287. The van der Waals surface area contributed by atoms with Gasteiger partial charge in [-0.3, -0.25) is 4.90 Å². The van der Waals surface area contributed by atoms with E-state index in [-0.39, 0.29) is 0 Å². The van der Waals surface area contributed by atoms with Crippen molar-refractivity contribution in [2.45, 2.75) is 19.5 Å². The van der Waals surface area contributed by atoms with Gasteiger partial charge in [0.25, 0.3) is 0 Å². The van der Waals surface area contributed by atoms with Crippen molar-refractivity contribution in [3.63, 3.8) is 0 Å². The SMILES string of the molecule is CC1CSCCN1CCNCc1cccs1. The Hall–Kier alpha value is -0.0300. The van der Waals surface area contributed by atoms with Crippen LogP contribution in [0.3, 0.4) is 0 Å². The zero-order valence-electron chi connectivity index (χ0n) is 9.82. The minimum Gasteiger partial charge on any atom is -0.311 e. The largest absolute Gasteiger partial charge is 0.311 e. The van der Waals surface area contributed by atoms with E-state index in [0.717, 1.165) is 19.1 Å². The molecule has 1 N–H and O–H groups in total. The first-order valence-electron chi connectivity index (χ1n) is 5.91. The average molecular weight is 256 g/mol. The summed E-state index contributed by atoms with van der Waals surface area (Å²) in [4.78, 5) is 4.03. The van der Waals surface area contributed by atoms with Crippen molar-refractivity contribution in [1.29, 1.82) is 0 Å². The first-order valence-corrected chi connectivity index (χ1v) is 7.94. The third-order valence-corrected chi connectivity index (χ3v) is 5.03. The summed E-state index contributed by atoms with van der Waals surface area (Å²) in [6.07, 6.45) is 0. The van der Waals surface area contributed by atoms with Crippen LogP contribution in [0, 0.1) is 0 Å². The van der Waals surface area contributed by atoms with Crippen molar-refractivity contribution in [2.75, 3.05) is 31.1 Å². The predicted octanol–water partition coefficient (Wildman–Crippen LogP) is 2.28. The van der Waals surface area contributed by atoms with Crippen LogP contribution >= 0.6 is 23.1 Å². The first-order chi connectivity index (χ1) is 7.86. The molecule has 1 aromatic heterocycles. The molecule has 1 aliphatic heterocycles. The summed E-state index contributed by atoms with van der Waals surface area (Å²) in [5, 5.41) is 5.66. The zero-order chi connectivity index (χ0) is 11.2. The molecule has 0 saturated carbocycles. The highest BCUT2D eigenvalue weighted by Crippen LogP contribution is 2.15. The Morgan fingerprint density at radius 2 is 2.50 bits per heavy atom. The van der Waals surface area contributed by atoms with Crippen LogP contribution < -0.4 is 5.32 Å². The van der Waals surface area contributed by atoms with Gasteiger partial charge in [0.2, 0.25) is 0 Å². The summed E-state index contributed by atoms with van der Waals surface area (Å²) in [6, 6.07) is 5.06. The maximum Gasteiger partial charge on any atom is 0.0300 e.